The highest BCUT2D eigenvalue weighted by molar-refractivity contribution is 6.30. The first-order chi connectivity index (χ1) is 16.9. The first-order valence-corrected chi connectivity index (χ1v) is 12.1. The normalized spacial score (nSPS) is 18.7. The molecule has 184 valence electrons. The molecule has 3 heterocycles. The number of H-pyrrole nitrogens is 1. The van der Waals surface area contributed by atoms with Crippen LogP contribution in [0.25, 0.3) is 17.3 Å². The van der Waals surface area contributed by atoms with Gasteiger partial charge in [-0.25, -0.2) is 9.37 Å². The second kappa shape index (κ2) is 11.6. The molecule has 0 amide bonds. The molecule has 0 spiro atoms. The van der Waals surface area contributed by atoms with Crippen molar-refractivity contribution in [1.82, 2.24) is 25.2 Å². The fourth-order valence-corrected chi connectivity index (χ4v) is 4.65. The molecular weight excluding hydrogens is 465 g/mol. The van der Waals surface area contributed by atoms with E-state index in [4.69, 9.17) is 11.6 Å². The number of pyridine rings is 1. The van der Waals surface area contributed by atoms with E-state index in [-0.39, 0.29) is 5.82 Å². The topological polar surface area (TPSA) is 81.2 Å². The first kappa shape index (κ1) is 25.0. The summed E-state index contributed by atoms with van der Waals surface area (Å²) in [6.07, 6.45) is 7.66. The van der Waals surface area contributed by atoms with Crippen LogP contribution in [0.3, 0.4) is 0 Å². The van der Waals surface area contributed by atoms with Crippen LogP contribution in [0.4, 0.5) is 15.8 Å². The number of aromatic amines is 1. The first-order valence-electron chi connectivity index (χ1n) is 11.8. The minimum Gasteiger partial charge on any atom is -0.382 e. The van der Waals surface area contributed by atoms with E-state index in [9.17, 15) is 4.39 Å². The van der Waals surface area contributed by atoms with Crippen molar-refractivity contribution in [3.63, 3.8) is 0 Å². The zero-order valence-corrected chi connectivity index (χ0v) is 20.8. The minimum absolute atomic E-state index is 0.354. The molecule has 1 aromatic carbocycles. The molecule has 1 fully saturated rings. The maximum Gasteiger partial charge on any atom is 0.132 e. The maximum absolute atomic E-state index is 14.3. The SMILES string of the molecule is C=Nc1cc(NCCN2C[C@@H](C)N[C@@H](C)C2)cnc1/C=C\Cc1nc[nH]c1-c1cc(Cl)ccc1F. The van der Waals surface area contributed by atoms with Gasteiger partial charge in [-0.15, -0.1) is 0 Å². The van der Waals surface area contributed by atoms with Gasteiger partial charge in [0.1, 0.15) is 5.82 Å². The molecule has 2 aromatic heterocycles. The van der Waals surface area contributed by atoms with Crippen molar-refractivity contribution in [3.8, 4) is 11.3 Å². The smallest absolute Gasteiger partial charge is 0.132 e. The number of piperazine rings is 1. The second-order valence-electron chi connectivity index (χ2n) is 8.90. The van der Waals surface area contributed by atoms with Gasteiger partial charge in [-0.05, 0) is 50.9 Å². The summed E-state index contributed by atoms with van der Waals surface area (Å²) in [4.78, 5) is 18.5. The molecule has 4 rings (SSSR count). The fraction of sp³-hybridized carbons (Fsp3) is 0.346. The van der Waals surface area contributed by atoms with Gasteiger partial charge in [-0.3, -0.25) is 14.9 Å². The number of nitrogens with zero attached hydrogens (tertiary/aromatic N) is 4. The number of hydrogen-bond donors (Lipinski definition) is 3. The highest BCUT2D eigenvalue weighted by atomic mass is 35.5. The van der Waals surface area contributed by atoms with Gasteiger partial charge >= 0.3 is 0 Å². The van der Waals surface area contributed by atoms with Crippen LogP contribution in [0, 0.1) is 5.82 Å². The van der Waals surface area contributed by atoms with Gasteiger partial charge in [0.25, 0.3) is 0 Å². The molecule has 0 saturated carbocycles. The molecule has 3 aromatic rings. The Hall–Kier alpha value is -3.07. The molecule has 0 unspecified atom stereocenters. The van der Waals surface area contributed by atoms with Crippen LogP contribution >= 0.6 is 11.6 Å². The fourth-order valence-electron chi connectivity index (χ4n) is 4.48. The number of allylic oxidation sites excluding steroid dienone is 1. The number of nitrogens with one attached hydrogen (secondary N) is 3. The quantitative estimate of drug-likeness (QED) is 0.366. The number of aliphatic imine (C=N–C) groups is 1. The number of benzene rings is 1. The molecule has 0 aliphatic carbocycles. The van der Waals surface area contributed by atoms with Crippen molar-refractivity contribution in [1.29, 1.82) is 0 Å². The molecule has 2 atom stereocenters. The lowest BCUT2D eigenvalue weighted by Gasteiger charge is -2.36. The number of hydrogen-bond acceptors (Lipinski definition) is 6. The van der Waals surface area contributed by atoms with Crippen molar-refractivity contribution in [2.75, 3.05) is 31.5 Å². The Balaban J connectivity index is 1.37. The summed E-state index contributed by atoms with van der Waals surface area (Å²) in [6.45, 7) is 12.0. The molecule has 0 bridgehead atoms. The highest BCUT2D eigenvalue weighted by Gasteiger charge is 2.20. The largest absolute Gasteiger partial charge is 0.382 e. The van der Waals surface area contributed by atoms with Crippen LogP contribution in [0.1, 0.15) is 25.2 Å². The summed E-state index contributed by atoms with van der Waals surface area (Å²) >= 11 is 6.05. The van der Waals surface area contributed by atoms with Gasteiger partial charge < -0.3 is 15.6 Å². The van der Waals surface area contributed by atoms with Gasteiger partial charge in [-0.1, -0.05) is 17.7 Å². The average Bonchev–Trinajstić information content (AvgIpc) is 3.29. The van der Waals surface area contributed by atoms with Crippen molar-refractivity contribution in [2.45, 2.75) is 32.4 Å². The molecule has 0 radical (unpaired) electrons. The lowest BCUT2D eigenvalue weighted by Crippen LogP contribution is -2.54. The summed E-state index contributed by atoms with van der Waals surface area (Å²) in [5.74, 6) is -0.354. The van der Waals surface area contributed by atoms with Crippen molar-refractivity contribution >= 4 is 35.8 Å². The summed E-state index contributed by atoms with van der Waals surface area (Å²) in [7, 11) is 0. The number of halogens is 2. The van der Waals surface area contributed by atoms with Crippen LogP contribution < -0.4 is 10.6 Å². The third-order valence-electron chi connectivity index (χ3n) is 5.96. The monoisotopic (exact) mass is 495 g/mol. The van der Waals surface area contributed by atoms with Crippen LogP contribution in [0.5, 0.6) is 0 Å². The second-order valence-corrected chi connectivity index (χ2v) is 9.33. The zero-order valence-electron chi connectivity index (χ0n) is 20.1. The molecule has 1 aliphatic rings. The van der Waals surface area contributed by atoms with E-state index < -0.39 is 0 Å². The molecule has 7 nitrogen and oxygen atoms in total. The highest BCUT2D eigenvalue weighted by Crippen LogP contribution is 2.28. The van der Waals surface area contributed by atoms with E-state index in [0.29, 0.717) is 51.9 Å². The Kier molecular flexibility index (Phi) is 8.28. The molecule has 1 saturated heterocycles. The van der Waals surface area contributed by atoms with E-state index in [1.54, 1.807) is 18.6 Å². The van der Waals surface area contributed by atoms with Crippen molar-refractivity contribution in [2.24, 2.45) is 4.99 Å². The van der Waals surface area contributed by atoms with Gasteiger partial charge in [0.15, 0.2) is 0 Å². The molecule has 1 aliphatic heterocycles. The van der Waals surface area contributed by atoms with Crippen molar-refractivity contribution in [3.05, 3.63) is 65.1 Å². The summed E-state index contributed by atoms with van der Waals surface area (Å²) in [6, 6.07) is 7.42. The molecular formula is C26H31ClFN7. The lowest BCUT2D eigenvalue weighted by molar-refractivity contribution is 0.179. The van der Waals surface area contributed by atoms with E-state index in [1.165, 1.54) is 12.1 Å². The van der Waals surface area contributed by atoms with E-state index in [1.807, 2.05) is 18.2 Å². The predicted octanol–water partition coefficient (Wildman–Crippen LogP) is 4.95. The average molecular weight is 496 g/mol. The van der Waals surface area contributed by atoms with E-state index in [0.717, 1.165) is 31.9 Å². The number of aromatic nitrogens is 3. The standard InChI is InChI=1S/C26H31ClFN7/c1-17-14-35(15-18(2)34-17)10-9-30-20-12-25(29-3)23(31-13-20)5-4-6-24-26(33-16-32-24)21-11-19(27)7-8-22(21)28/h4-5,7-8,11-13,16-18,30,34H,3,6,9-10,14-15H2,1-2H3,(H,32,33)/b5-4-/t17-,18+. The summed E-state index contributed by atoms with van der Waals surface area (Å²) < 4.78 is 14.3. The summed E-state index contributed by atoms with van der Waals surface area (Å²) in [5, 5.41) is 7.46. The van der Waals surface area contributed by atoms with Gasteiger partial charge in [0, 0.05) is 55.3 Å². The molecule has 9 heteroatoms. The third-order valence-corrected chi connectivity index (χ3v) is 6.20. The third kappa shape index (κ3) is 6.54. The van der Waals surface area contributed by atoms with Crippen LogP contribution in [-0.2, 0) is 6.42 Å². The Labute approximate surface area is 210 Å². The Bertz CT molecular complexity index is 1180. The number of anilines is 1. The zero-order chi connectivity index (χ0) is 24.8. The van der Waals surface area contributed by atoms with Gasteiger partial charge in [0.2, 0.25) is 0 Å². The molecule has 3 N–H and O–H groups in total. The lowest BCUT2D eigenvalue weighted by atomic mass is 10.1. The Morgan fingerprint density at radius 3 is 2.83 bits per heavy atom. The molecule has 35 heavy (non-hydrogen) atoms. The van der Waals surface area contributed by atoms with Crippen molar-refractivity contribution < 1.29 is 4.39 Å². The van der Waals surface area contributed by atoms with Crippen LogP contribution in [-0.4, -0.2) is 64.8 Å². The summed E-state index contributed by atoms with van der Waals surface area (Å²) in [5.41, 5.74) is 4.03. The maximum atomic E-state index is 14.3. The van der Waals surface area contributed by atoms with E-state index in [2.05, 4.69) is 56.0 Å². The van der Waals surface area contributed by atoms with Crippen LogP contribution in [0.2, 0.25) is 5.02 Å². The van der Waals surface area contributed by atoms with E-state index >= 15 is 0 Å². The predicted molar refractivity (Wildman–Crippen MR) is 142 cm³/mol. The van der Waals surface area contributed by atoms with Crippen LogP contribution in [0.15, 0.2) is 47.9 Å². The van der Waals surface area contributed by atoms with Gasteiger partial charge in [-0.2, -0.15) is 0 Å². The Morgan fingerprint density at radius 1 is 1.26 bits per heavy atom. The van der Waals surface area contributed by atoms with Gasteiger partial charge in [0.05, 0.1) is 41.0 Å². The minimum atomic E-state index is -0.354. The number of imidazole rings is 1. The number of rotatable bonds is 9. The Morgan fingerprint density at radius 2 is 2.06 bits per heavy atom.